The number of rotatable bonds is 2. The summed E-state index contributed by atoms with van der Waals surface area (Å²) in [7, 11) is 0. The highest BCUT2D eigenvalue weighted by atomic mass is 79.9. The molecule has 0 spiro atoms. The van der Waals surface area contributed by atoms with E-state index in [1.54, 1.807) is 11.3 Å². The molecule has 0 bridgehead atoms. The van der Waals surface area contributed by atoms with E-state index in [9.17, 15) is 0 Å². The van der Waals surface area contributed by atoms with Gasteiger partial charge < -0.3 is 0 Å². The van der Waals surface area contributed by atoms with Crippen molar-refractivity contribution in [2.24, 2.45) is 0 Å². The van der Waals surface area contributed by atoms with Crippen LogP contribution in [-0.4, -0.2) is 0 Å². The molecular weight excluding hydrogens is 428 g/mol. The second kappa shape index (κ2) is 5.55. The van der Waals surface area contributed by atoms with Gasteiger partial charge in [0.05, 0.1) is 12.4 Å². The zero-order valence-electron chi connectivity index (χ0n) is 9.43. The predicted molar refractivity (Wildman–Crippen MR) is 86.4 cm³/mol. The number of aryl methyl sites for hydroxylation is 2. The van der Waals surface area contributed by atoms with Gasteiger partial charge >= 0.3 is 0 Å². The molecule has 4 heteroatoms. The normalized spacial score (nSPS) is 12.8. The maximum atomic E-state index is 3.77. The number of hydrogen-bond donors (Lipinski definition) is 0. The van der Waals surface area contributed by atoms with Crippen LogP contribution >= 0.6 is 59.1 Å². The second-order valence-corrected chi connectivity index (χ2v) is 8.65. The summed E-state index contributed by atoms with van der Waals surface area (Å²) in [6.07, 6.45) is 0. The first-order valence-electron chi connectivity index (χ1n) is 5.15. The van der Waals surface area contributed by atoms with Gasteiger partial charge in [-0.15, -0.1) is 11.3 Å². The van der Waals surface area contributed by atoms with E-state index >= 15 is 0 Å². The van der Waals surface area contributed by atoms with Crippen LogP contribution < -0.4 is 0 Å². The van der Waals surface area contributed by atoms with E-state index in [1.165, 1.54) is 26.0 Å². The number of halogens is 3. The van der Waals surface area contributed by atoms with Gasteiger partial charge in [0.15, 0.2) is 0 Å². The van der Waals surface area contributed by atoms with Crippen molar-refractivity contribution in [1.29, 1.82) is 0 Å². The summed E-state index contributed by atoms with van der Waals surface area (Å²) in [6.45, 7) is 4.29. The highest BCUT2D eigenvalue weighted by molar-refractivity contribution is 9.12. The summed E-state index contributed by atoms with van der Waals surface area (Å²) in [5.74, 6) is 0. The van der Waals surface area contributed by atoms with Crippen LogP contribution in [0.5, 0.6) is 0 Å². The van der Waals surface area contributed by atoms with Crippen LogP contribution in [0.25, 0.3) is 0 Å². The van der Waals surface area contributed by atoms with E-state index in [4.69, 9.17) is 0 Å². The molecule has 1 aromatic carbocycles. The van der Waals surface area contributed by atoms with E-state index < -0.39 is 0 Å². The molecule has 1 aromatic heterocycles. The molecule has 90 valence electrons. The Balaban J connectivity index is 2.40. The van der Waals surface area contributed by atoms with Gasteiger partial charge in [0.2, 0.25) is 0 Å². The molecule has 0 aliphatic rings. The Morgan fingerprint density at radius 3 is 2.29 bits per heavy atom. The molecule has 1 atom stereocenters. The van der Waals surface area contributed by atoms with Gasteiger partial charge in [-0.25, -0.2) is 0 Å². The quantitative estimate of drug-likeness (QED) is 0.477. The fraction of sp³-hybridized carbons (Fsp3) is 0.231. The topological polar surface area (TPSA) is 0 Å². The van der Waals surface area contributed by atoms with Crippen LogP contribution in [0.4, 0.5) is 0 Å². The van der Waals surface area contributed by atoms with Crippen LogP contribution in [0.15, 0.2) is 31.8 Å². The van der Waals surface area contributed by atoms with Crippen molar-refractivity contribution in [2.45, 2.75) is 18.7 Å². The van der Waals surface area contributed by atoms with Gasteiger partial charge in [-0.05, 0) is 74.0 Å². The summed E-state index contributed by atoms with van der Waals surface area (Å²) in [5, 5.41) is 0. The number of hydrogen-bond acceptors (Lipinski definition) is 1. The first-order chi connectivity index (χ1) is 7.99. The maximum absolute atomic E-state index is 3.77. The average molecular weight is 439 g/mol. The zero-order valence-corrected chi connectivity index (χ0v) is 15.0. The Morgan fingerprint density at radius 2 is 1.76 bits per heavy atom. The Labute approximate surface area is 131 Å². The molecule has 0 aliphatic heterocycles. The van der Waals surface area contributed by atoms with Crippen LogP contribution in [0.3, 0.4) is 0 Å². The standard InChI is InChI=1S/C13H11Br3S/c1-7-3-4-9(5-8(7)2)12(15)10-6-11(14)17-13(10)16/h3-6,12H,1-2H3. The van der Waals surface area contributed by atoms with Gasteiger partial charge in [0, 0.05) is 0 Å². The van der Waals surface area contributed by atoms with Gasteiger partial charge in [-0.2, -0.15) is 0 Å². The minimum absolute atomic E-state index is 0.235. The van der Waals surface area contributed by atoms with Gasteiger partial charge in [-0.3, -0.25) is 0 Å². The lowest BCUT2D eigenvalue weighted by atomic mass is 10.0. The molecule has 0 nitrogen and oxygen atoms in total. The Hall–Kier alpha value is 0.360. The summed E-state index contributed by atoms with van der Waals surface area (Å²) in [4.78, 5) is 0.235. The van der Waals surface area contributed by atoms with Crippen LogP contribution in [0.1, 0.15) is 27.1 Å². The molecule has 0 radical (unpaired) electrons. The van der Waals surface area contributed by atoms with Crippen molar-refractivity contribution in [1.82, 2.24) is 0 Å². The largest absolute Gasteiger partial charge is 0.121 e. The highest BCUT2D eigenvalue weighted by Crippen LogP contribution is 2.42. The fourth-order valence-electron chi connectivity index (χ4n) is 1.63. The Morgan fingerprint density at radius 1 is 1.06 bits per heavy atom. The molecule has 0 saturated carbocycles. The molecule has 0 amide bonds. The van der Waals surface area contributed by atoms with E-state index in [2.05, 4.69) is 85.9 Å². The molecule has 0 N–H and O–H groups in total. The monoisotopic (exact) mass is 436 g/mol. The van der Waals surface area contributed by atoms with E-state index in [-0.39, 0.29) is 4.83 Å². The molecular formula is C13H11Br3S. The Bertz CT molecular complexity index is 546. The molecule has 1 unspecified atom stereocenters. The molecule has 1 heterocycles. The number of alkyl halides is 1. The lowest BCUT2D eigenvalue weighted by Gasteiger charge is -2.11. The third-order valence-electron chi connectivity index (χ3n) is 2.78. The summed E-state index contributed by atoms with van der Waals surface area (Å²) in [6, 6.07) is 8.75. The summed E-state index contributed by atoms with van der Waals surface area (Å²) in [5.41, 5.74) is 5.22. The smallest absolute Gasteiger partial charge is 0.0757 e. The van der Waals surface area contributed by atoms with Gasteiger partial charge in [-0.1, -0.05) is 34.1 Å². The minimum Gasteiger partial charge on any atom is -0.121 e. The van der Waals surface area contributed by atoms with Gasteiger partial charge in [0.25, 0.3) is 0 Å². The summed E-state index contributed by atoms with van der Waals surface area (Å²) < 4.78 is 2.32. The van der Waals surface area contributed by atoms with Crippen molar-refractivity contribution < 1.29 is 0 Å². The number of benzene rings is 1. The second-order valence-electron chi connectivity index (χ2n) is 3.99. The van der Waals surface area contributed by atoms with Crippen molar-refractivity contribution in [3.05, 3.63) is 54.1 Å². The van der Waals surface area contributed by atoms with Crippen LogP contribution in [0.2, 0.25) is 0 Å². The lowest BCUT2D eigenvalue weighted by molar-refractivity contribution is 1.16. The third-order valence-corrected chi connectivity index (χ3v) is 6.19. The lowest BCUT2D eigenvalue weighted by Crippen LogP contribution is -1.93. The van der Waals surface area contributed by atoms with E-state index in [1.807, 2.05) is 0 Å². The highest BCUT2D eigenvalue weighted by Gasteiger charge is 2.16. The molecule has 17 heavy (non-hydrogen) atoms. The van der Waals surface area contributed by atoms with Crippen molar-refractivity contribution in [3.8, 4) is 0 Å². The van der Waals surface area contributed by atoms with Crippen LogP contribution in [0, 0.1) is 13.8 Å². The van der Waals surface area contributed by atoms with E-state index in [0.29, 0.717) is 0 Å². The summed E-state index contributed by atoms with van der Waals surface area (Å²) >= 11 is 12.6. The predicted octanol–water partition coefficient (Wildman–Crippen LogP) is 6.37. The fourth-order valence-corrected chi connectivity index (χ4v) is 5.63. The molecule has 2 rings (SSSR count). The average Bonchev–Trinajstić information content (AvgIpc) is 2.61. The van der Waals surface area contributed by atoms with Crippen molar-refractivity contribution >= 4 is 59.1 Å². The zero-order chi connectivity index (χ0) is 12.6. The molecule has 0 aliphatic carbocycles. The van der Waals surface area contributed by atoms with Gasteiger partial charge in [0.1, 0.15) is 0 Å². The third kappa shape index (κ3) is 3.03. The SMILES string of the molecule is Cc1ccc(C(Br)c2cc(Br)sc2Br)cc1C. The maximum Gasteiger partial charge on any atom is 0.0757 e. The van der Waals surface area contributed by atoms with E-state index in [0.717, 1.165) is 3.79 Å². The van der Waals surface area contributed by atoms with Crippen LogP contribution in [-0.2, 0) is 0 Å². The molecule has 2 aromatic rings. The van der Waals surface area contributed by atoms with Crippen molar-refractivity contribution in [2.75, 3.05) is 0 Å². The minimum atomic E-state index is 0.235. The molecule has 0 saturated heterocycles. The molecule has 0 fully saturated rings. The number of thiophene rings is 1. The first-order valence-corrected chi connectivity index (χ1v) is 8.47. The van der Waals surface area contributed by atoms with Crippen molar-refractivity contribution in [3.63, 3.8) is 0 Å². The first kappa shape index (κ1) is 13.8. The Kier molecular flexibility index (Phi) is 4.50.